The largest absolute Gasteiger partial charge is 0.396 e. The molecule has 1 saturated carbocycles. The van der Waals surface area contributed by atoms with Crippen molar-refractivity contribution in [3.8, 4) is 0 Å². The summed E-state index contributed by atoms with van der Waals surface area (Å²) in [7, 11) is 0. The van der Waals surface area contributed by atoms with Crippen LogP contribution in [0.4, 0.5) is 5.82 Å². The number of hydrogen-bond donors (Lipinski definition) is 2. The van der Waals surface area contributed by atoms with Crippen LogP contribution in [0.1, 0.15) is 57.7 Å². The lowest BCUT2D eigenvalue weighted by molar-refractivity contribution is 0.173. The maximum atomic E-state index is 9.22. The van der Waals surface area contributed by atoms with E-state index in [1.54, 1.807) is 6.33 Å². The van der Waals surface area contributed by atoms with E-state index >= 15 is 0 Å². The first kappa shape index (κ1) is 16.2. The van der Waals surface area contributed by atoms with Gasteiger partial charge >= 0.3 is 0 Å². The first-order valence-electron chi connectivity index (χ1n) is 8.09. The number of aliphatic hydroxyl groups excluding tert-OH is 1. The molecule has 0 radical (unpaired) electrons. The zero-order valence-electron chi connectivity index (χ0n) is 13.8. The molecule has 1 heterocycles. The third-order valence-electron chi connectivity index (χ3n) is 4.82. The Bertz CT molecular complexity index is 460. The number of aryl methyl sites for hydroxylation is 1. The molecule has 0 unspecified atom stereocenters. The van der Waals surface area contributed by atoms with Crippen LogP contribution in [0.2, 0.25) is 0 Å². The topological polar surface area (TPSA) is 58.0 Å². The molecule has 0 bridgehead atoms. The summed E-state index contributed by atoms with van der Waals surface area (Å²) in [6, 6.07) is 0.496. The monoisotopic (exact) mass is 291 g/mol. The summed E-state index contributed by atoms with van der Waals surface area (Å²) in [5.41, 5.74) is 2.43. The van der Waals surface area contributed by atoms with Gasteiger partial charge in [-0.15, -0.1) is 0 Å². The lowest BCUT2D eigenvalue weighted by atomic mass is 9.71. The van der Waals surface area contributed by atoms with Crippen molar-refractivity contribution >= 4 is 5.82 Å². The smallest absolute Gasteiger partial charge is 0.133 e. The second-order valence-electron chi connectivity index (χ2n) is 7.32. The molecular weight excluding hydrogens is 262 g/mol. The molecule has 4 nitrogen and oxygen atoms in total. The average Bonchev–Trinajstić information content (AvgIpc) is 2.42. The van der Waals surface area contributed by atoms with Crippen LogP contribution < -0.4 is 5.32 Å². The fourth-order valence-corrected chi connectivity index (χ4v) is 3.33. The minimum absolute atomic E-state index is 0.139. The average molecular weight is 291 g/mol. The standard InChI is InChI=1S/C17H29N3O/c1-12-15(9-10-21)16(19-11-18-12)20-14-7-5-13(6-8-14)17(2,3)4/h11,13-14,21H,5-10H2,1-4H3,(H,18,19,20)/t13-,14+. The summed E-state index contributed by atoms with van der Waals surface area (Å²) in [6.45, 7) is 9.16. The van der Waals surface area contributed by atoms with Crippen LogP contribution >= 0.6 is 0 Å². The number of aliphatic hydroxyl groups is 1. The molecule has 0 amide bonds. The number of nitrogens with zero attached hydrogens (tertiary/aromatic N) is 2. The molecule has 118 valence electrons. The molecule has 1 aliphatic rings. The normalized spacial score (nSPS) is 23.1. The molecule has 1 aromatic rings. The third kappa shape index (κ3) is 4.16. The van der Waals surface area contributed by atoms with E-state index in [1.165, 1.54) is 25.7 Å². The summed E-state index contributed by atoms with van der Waals surface area (Å²) in [5, 5.41) is 12.8. The van der Waals surface area contributed by atoms with Crippen LogP contribution in [0.25, 0.3) is 0 Å². The van der Waals surface area contributed by atoms with E-state index in [1.807, 2.05) is 6.92 Å². The maximum Gasteiger partial charge on any atom is 0.133 e. The number of rotatable bonds is 4. The molecule has 0 aliphatic heterocycles. The van der Waals surface area contributed by atoms with Crippen LogP contribution in [0, 0.1) is 18.3 Å². The summed E-state index contributed by atoms with van der Waals surface area (Å²) in [4.78, 5) is 8.62. The van der Waals surface area contributed by atoms with Gasteiger partial charge < -0.3 is 10.4 Å². The fraction of sp³-hybridized carbons (Fsp3) is 0.765. The van der Waals surface area contributed by atoms with Crippen molar-refractivity contribution < 1.29 is 5.11 Å². The van der Waals surface area contributed by atoms with Crippen LogP contribution in [0.3, 0.4) is 0 Å². The van der Waals surface area contributed by atoms with E-state index in [9.17, 15) is 5.11 Å². The predicted molar refractivity (Wildman–Crippen MR) is 86.4 cm³/mol. The van der Waals surface area contributed by atoms with Gasteiger partial charge in [0.1, 0.15) is 12.1 Å². The second-order valence-corrected chi connectivity index (χ2v) is 7.32. The van der Waals surface area contributed by atoms with Gasteiger partial charge in [-0.2, -0.15) is 0 Å². The first-order valence-corrected chi connectivity index (χ1v) is 8.09. The van der Waals surface area contributed by atoms with Gasteiger partial charge in [0.25, 0.3) is 0 Å². The Balaban J connectivity index is 1.99. The molecule has 21 heavy (non-hydrogen) atoms. The Morgan fingerprint density at radius 1 is 1.19 bits per heavy atom. The van der Waals surface area contributed by atoms with Gasteiger partial charge in [0.15, 0.2) is 0 Å². The zero-order chi connectivity index (χ0) is 15.5. The maximum absolute atomic E-state index is 9.22. The van der Waals surface area contributed by atoms with Gasteiger partial charge in [0.05, 0.1) is 0 Å². The highest BCUT2D eigenvalue weighted by Crippen LogP contribution is 2.38. The van der Waals surface area contributed by atoms with Gasteiger partial charge in [-0.05, 0) is 43.9 Å². The van der Waals surface area contributed by atoms with E-state index in [-0.39, 0.29) is 6.61 Å². The van der Waals surface area contributed by atoms with Gasteiger partial charge in [-0.25, -0.2) is 9.97 Å². The highest BCUT2D eigenvalue weighted by molar-refractivity contribution is 5.46. The highest BCUT2D eigenvalue weighted by atomic mass is 16.2. The van der Waals surface area contributed by atoms with Crippen molar-refractivity contribution in [2.45, 2.75) is 65.8 Å². The summed E-state index contributed by atoms with van der Waals surface area (Å²) in [6.07, 6.45) is 7.18. The van der Waals surface area contributed by atoms with Crippen LogP contribution in [-0.4, -0.2) is 27.7 Å². The van der Waals surface area contributed by atoms with Gasteiger partial charge in [0.2, 0.25) is 0 Å². The van der Waals surface area contributed by atoms with E-state index < -0.39 is 0 Å². The molecule has 0 saturated heterocycles. The number of anilines is 1. The van der Waals surface area contributed by atoms with Crippen LogP contribution in [-0.2, 0) is 6.42 Å². The summed E-state index contributed by atoms with van der Waals surface area (Å²) >= 11 is 0. The molecule has 0 aromatic carbocycles. The Morgan fingerprint density at radius 2 is 1.86 bits per heavy atom. The lowest BCUT2D eigenvalue weighted by Crippen LogP contribution is -2.32. The van der Waals surface area contributed by atoms with E-state index in [0.29, 0.717) is 17.9 Å². The Morgan fingerprint density at radius 3 is 2.43 bits per heavy atom. The van der Waals surface area contributed by atoms with Crippen molar-refractivity contribution in [3.63, 3.8) is 0 Å². The second kappa shape index (κ2) is 6.73. The Labute approximate surface area is 128 Å². The molecule has 2 rings (SSSR count). The van der Waals surface area contributed by atoms with Gasteiger partial charge in [0, 0.05) is 30.3 Å². The molecular formula is C17H29N3O. The number of nitrogens with one attached hydrogen (secondary N) is 1. The van der Waals surface area contributed by atoms with Crippen LogP contribution in [0.15, 0.2) is 6.33 Å². The number of aromatic nitrogens is 2. The summed E-state index contributed by atoms with van der Waals surface area (Å²) in [5.74, 6) is 1.73. The predicted octanol–water partition coefficient (Wildman–Crippen LogP) is 3.34. The molecule has 0 spiro atoms. The molecule has 1 fully saturated rings. The van der Waals surface area contributed by atoms with Crippen molar-refractivity contribution in [3.05, 3.63) is 17.6 Å². The fourth-order valence-electron chi connectivity index (χ4n) is 3.33. The van der Waals surface area contributed by atoms with Crippen molar-refractivity contribution in [1.82, 2.24) is 9.97 Å². The molecule has 1 aromatic heterocycles. The lowest BCUT2D eigenvalue weighted by Gasteiger charge is -2.37. The SMILES string of the molecule is Cc1ncnc(N[C@H]2CC[C@@H](C(C)(C)C)CC2)c1CCO. The highest BCUT2D eigenvalue weighted by Gasteiger charge is 2.30. The van der Waals surface area contributed by atoms with Gasteiger partial charge in [-0.3, -0.25) is 0 Å². The molecule has 4 heteroatoms. The number of hydrogen-bond acceptors (Lipinski definition) is 4. The van der Waals surface area contributed by atoms with Crippen molar-refractivity contribution in [2.75, 3.05) is 11.9 Å². The quantitative estimate of drug-likeness (QED) is 0.893. The minimum Gasteiger partial charge on any atom is -0.396 e. The van der Waals surface area contributed by atoms with E-state index in [2.05, 4.69) is 36.1 Å². The Kier molecular flexibility index (Phi) is 5.20. The first-order chi connectivity index (χ1) is 9.91. The van der Waals surface area contributed by atoms with Crippen LogP contribution in [0.5, 0.6) is 0 Å². The van der Waals surface area contributed by atoms with E-state index in [0.717, 1.165) is 23.0 Å². The van der Waals surface area contributed by atoms with Gasteiger partial charge in [-0.1, -0.05) is 20.8 Å². The van der Waals surface area contributed by atoms with E-state index in [4.69, 9.17) is 0 Å². The summed E-state index contributed by atoms with van der Waals surface area (Å²) < 4.78 is 0. The third-order valence-corrected chi connectivity index (χ3v) is 4.82. The molecule has 0 atom stereocenters. The molecule has 2 N–H and O–H groups in total. The minimum atomic E-state index is 0.139. The zero-order valence-corrected chi connectivity index (χ0v) is 13.8. The van der Waals surface area contributed by atoms with Crippen molar-refractivity contribution in [2.24, 2.45) is 11.3 Å². The molecule has 1 aliphatic carbocycles. The Hall–Kier alpha value is -1.16. The van der Waals surface area contributed by atoms with Crippen molar-refractivity contribution in [1.29, 1.82) is 0 Å².